The van der Waals surface area contributed by atoms with Crippen LogP contribution in [0.3, 0.4) is 0 Å². The van der Waals surface area contributed by atoms with Crippen molar-refractivity contribution in [2.45, 2.75) is 12.3 Å². The molecule has 2 aromatic heterocycles. The molecule has 1 saturated heterocycles. The van der Waals surface area contributed by atoms with Gasteiger partial charge in [-0.15, -0.1) is 0 Å². The number of hydrogen-bond acceptors (Lipinski definition) is 5. The summed E-state index contributed by atoms with van der Waals surface area (Å²) < 4.78 is 26.4. The molecular formula is C11H8Cl2F2N4S. The molecule has 2 aromatic rings. The second-order valence-electron chi connectivity index (χ2n) is 4.37. The molecule has 0 spiro atoms. The Morgan fingerprint density at radius 1 is 1.25 bits per heavy atom. The van der Waals surface area contributed by atoms with Crippen LogP contribution in [0.1, 0.15) is 6.42 Å². The smallest absolute Gasteiger partial charge is 0.267 e. The maximum atomic E-state index is 13.2. The molecule has 20 heavy (non-hydrogen) atoms. The van der Waals surface area contributed by atoms with E-state index in [1.54, 1.807) is 11.1 Å². The van der Waals surface area contributed by atoms with Gasteiger partial charge in [0.1, 0.15) is 5.69 Å². The lowest BCUT2D eigenvalue weighted by Gasteiger charge is -2.13. The molecule has 4 nitrogen and oxygen atoms in total. The summed E-state index contributed by atoms with van der Waals surface area (Å²) in [5, 5.41) is 0.950. The van der Waals surface area contributed by atoms with Crippen molar-refractivity contribution < 1.29 is 8.78 Å². The van der Waals surface area contributed by atoms with E-state index in [1.165, 1.54) is 17.5 Å². The maximum absolute atomic E-state index is 13.2. The second-order valence-corrected chi connectivity index (χ2v) is 6.12. The van der Waals surface area contributed by atoms with E-state index in [1.807, 2.05) is 0 Å². The molecule has 1 fully saturated rings. The van der Waals surface area contributed by atoms with E-state index < -0.39 is 5.92 Å². The van der Waals surface area contributed by atoms with Crippen LogP contribution in [0.5, 0.6) is 0 Å². The number of rotatable bonds is 2. The normalized spacial score (nSPS) is 17.7. The fraction of sp³-hybridized carbons (Fsp3) is 0.364. The number of aromatic nitrogens is 3. The largest absolute Gasteiger partial charge is 0.342 e. The highest BCUT2D eigenvalue weighted by atomic mass is 35.5. The number of alkyl halides is 2. The van der Waals surface area contributed by atoms with Crippen LogP contribution in [0.25, 0.3) is 10.6 Å². The van der Waals surface area contributed by atoms with Crippen molar-refractivity contribution in [3.05, 3.63) is 22.7 Å². The predicted octanol–water partition coefficient (Wildman–Crippen LogP) is 3.75. The fourth-order valence-electron chi connectivity index (χ4n) is 1.94. The first-order chi connectivity index (χ1) is 9.44. The summed E-state index contributed by atoms with van der Waals surface area (Å²) in [5.74, 6) is -2.65. The van der Waals surface area contributed by atoms with Crippen LogP contribution < -0.4 is 4.90 Å². The topological polar surface area (TPSA) is 41.9 Å². The first kappa shape index (κ1) is 13.9. The van der Waals surface area contributed by atoms with Gasteiger partial charge in [-0.3, -0.25) is 0 Å². The van der Waals surface area contributed by atoms with Crippen LogP contribution in [0.15, 0.2) is 12.4 Å². The lowest BCUT2D eigenvalue weighted by Crippen LogP contribution is -2.24. The Bertz CT molecular complexity index is 649. The average Bonchev–Trinajstić information content (AvgIpc) is 2.98. The molecule has 3 rings (SSSR count). The zero-order valence-corrected chi connectivity index (χ0v) is 12.3. The SMILES string of the molecule is FC1(F)CCN(c2ncc(-c3nc(Cl)ncc3Cl)s2)C1. The Morgan fingerprint density at radius 3 is 2.75 bits per heavy atom. The van der Waals surface area contributed by atoms with E-state index in [2.05, 4.69) is 15.0 Å². The summed E-state index contributed by atoms with van der Waals surface area (Å²) in [7, 11) is 0. The predicted molar refractivity (Wildman–Crippen MR) is 74.9 cm³/mol. The molecule has 0 N–H and O–H groups in total. The molecule has 0 atom stereocenters. The summed E-state index contributed by atoms with van der Waals surface area (Å²) in [4.78, 5) is 14.2. The Kier molecular flexibility index (Phi) is 3.51. The third-order valence-corrected chi connectivity index (χ3v) is 4.41. The van der Waals surface area contributed by atoms with Crippen molar-refractivity contribution in [3.8, 4) is 10.6 Å². The van der Waals surface area contributed by atoms with Gasteiger partial charge < -0.3 is 4.90 Å². The highest BCUT2D eigenvalue weighted by Crippen LogP contribution is 2.37. The van der Waals surface area contributed by atoms with Gasteiger partial charge in [0.25, 0.3) is 5.92 Å². The minimum Gasteiger partial charge on any atom is -0.342 e. The minimum absolute atomic E-state index is 0.0760. The highest BCUT2D eigenvalue weighted by molar-refractivity contribution is 7.18. The highest BCUT2D eigenvalue weighted by Gasteiger charge is 2.39. The van der Waals surface area contributed by atoms with Gasteiger partial charge in [0, 0.05) is 19.2 Å². The summed E-state index contributed by atoms with van der Waals surface area (Å²) in [6.07, 6.45) is 2.80. The van der Waals surface area contributed by atoms with Crippen molar-refractivity contribution in [1.29, 1.82) is 0 Å². The van der Waals surface area contributed by atoms with E-state index >= 15 is 0 Å². The van der Waals surface area contributed by atoms with Crippen molar-refractivity contribution >= 4 is 39.7 Å². The zero-order valence-electron chi connectivity index (χ0n) is 9.98. The van der Waals surface area contributed by atoms with E-state index in [-0.39, 0.29) is 24.8 Å². The molecule has 9 heteroatoms. The maximum Gasteiger partial charge on any atom is 0.267 e. The van der Waals surface area contributed by atoms with Crippen LogP contribution in [0.2, 0.25) is 10.3 Å². The molecular weight excluding hydrogens is 329 g/mol. The Hall–Kier alpha value is -1.05. The molecule has 1 aliphatic heterocycles. The van der Waals surface area contributed by atoms with Crippen LogP contribution in [0.4, 0.5) is 13.9 Å². The molecule has 0 saturated carbocycles. The van der Waals surface area contributed by atoms with Crippen molar-refractivity contribution in [2.24, 2.45) is 0 Å². The monoisotopic (exact) mass is 336 g/mol. The van der Waals surface area contributed by atoms with Crippen LogP contribution in [0, 0.1) is 0 Å². The van der Waals surface area contributed by atoms with E-state index in [0.717, 1.165) is 0 Å². The van der Waals surface area contributed by atoms with Crippen LogP contribution in [-0.4, -0.2) is 34.0 Å². The molecule has 1 aliphatic rings. The molecule has 106 valence electrons. The van der Waals surface area contributed by atoms with Gasteiger partial charge in [0.05, 0.1) is 22.6 Å². The van der Waals surface area contributed by atoms with Crippen molar-refractivity contribution in [1.82, 2.24) is 15.0 Å². The molecule has 0 unspecified atom stereocenters. The number of halogens is 4. The molecule has 0 radical (unpaired) electrons. The molecule has 0 amide bonds. The number of anilines is 1. The van der Waals surface area contributed by atoms with Gasteiger partial charge in [-0.2, -0.15) is 0 Å². The van der Waals surface area contributed by atoms with Gasteiger partial charge in [0.15, 0.2) is 5.13 Å². The Balaban J connectivity index is 1.89. The molecule has 0 aromatic carbocycles. The zero-order chi connectivity index (χ0) is 14.3. The van der Waals surface area contributed by atoms with Crippen LogP contribution >= 0.6 is 34.5 Å². The first-order valence-electron chi connectivity index (χ1n) is 5.72. The van der Waals surface area contributed by atoms with E-state index in [4.69, 9.17) is 23.2 Å². The third-order valence-electron chi connectivity index (χ3n) is 2.88. The Labute approximate surface area is 127 Å². The number of nitrogens with zero attached hydrogens (tertiary/aromatic N) is 4. The average molecular weight is 337 g/mol. The quantitative estimate of drug-likeness (QED) is 0.783. The minimum atomic E-state index is -2.65. The van der Waals surface area contributed by atoms with E-state index in [0.29, 0.717) is 20.7 Å². The van der Waals surface area contributed by atoms with Crippen molar-refractivity contribution in [3.63, 3.8) is 0 Å². The van der Waals surface area contributed by atoms with Gasteiger partial charge in [-0.25, -0.2) is 23.7 Å². The Morgan fingerprint density at radius 2 is 2.05 bits per heavy atom. The first-order valence-corrected chi connectivity index (χ1v) is 7.29. The standard InChI is InChI=1S/C11H8Cl2F2N4S/c12-6-3-16-9(13)18-8(6)7-4-17-10(20-7)19-2-1-11(14,15)5-19/h3-4H,1-2,5H2. The molecule has 0 bridgehead atoms. The number of hydrogen-bond donors (Lipinski definition) is 0. The molecule has 0 aliphatic carbocycles. The lowest BCUT2D eigenvalue weighted by atomic mass is 10.3. The summed E-state index contributed by atoms with van der Waals surface area (Å²) in [6.45, 7) is -0.0174. The second kappa shape index (κ2) is 5.05. The third kappa shape index (κ3) is 2.70. The fourth-order valence-corrected chi connectivity index (χ4v) is 3.27. The van der Waals surface area contributed by atoms with E-state index in [9.17, 15) is 8.78 Å². The summed E-state index contributed by atoms with van der Waals surface area (Å²) >= 11 is 13.0. The van der Waals surface area contributed by atoms with Gasteiger partial charge >= 0.3 is 0 Å². The molecule has 3 heterocycles. The van der Waals surface area contributed by atoms with Gasteiger partial charge in [-0.05, 0) is 11.6 Å². The summed E-state index contributed by atoms with van der Waals surface area (Å²) in [6, 6.07) is 0. The number of thiazole rings is 1. The lowest BCUT2D eigenvalue weighted by molar-refractivity contribution is 0.0257. The van der Waals surface area contributed by atoms with Crippen LogP contribution in [-0.2, 0) is 0 Å². The van der Waals surface area contributed by atoms with Crippen molar-refractivity contribution in [2.75, 3.05) is 18.0 Å². The summed E-state index contributed by atoms with van der Waals surface area (Å²) in [5.41, 5.74) is 0.460. The van der Waals surface area contributed by atoms with Gasteiger partial charge in [0.2, 0.25) is 5.28 Å². The van der Waals surface area contributed by atoms with Gasteiger partial charge in [-0.1, -0.05) is 22.9 Å².